The fourth-order valence-electron chi connectivity index (χ4n) is 1.15. The van der Waals surface area contributed by atoms with Crippen LogP contribution in [0.2, 0.25) is 5.02 Å². The molecule has 0 saturated carbocycles. The Labute approximate surface area is 95.3 Å². The third-order valence-corrected chi connectivity index (χ3v) is 2.18. The second-order valence-electron chi connectivity index (χ2n) is 2.96. The molecule has 0 atom stereocenters. The number of halogens is 1. The lowest BCUT2D eigenvalue weighted by molar-refractivity contribution is -0.544. The Bertz CT molecular complexity index is 424. The topological polar surface area (TPSA) is 98.3 Å². The molecule has 0 aromatic heterocycles. The molecule has 0 aliphatic rings. The highest BCUT2D eigenvalue weighted by molar-refractivity contribution is 6.32. The molecule has 7 nitrogen and oxygen atoms in total. The van der Waals surface area contributed by atoms with E-state index < -0.39 is 9.96 Å². The van der Waals surface area contributed by atoms with Crippen LogP contribution in [-0.4, -0.2) is 16.5 Å². The number of nitrogens with one attached hydrogen (secondary N) is 1. The van der Waals surface area contributed by atoms with E-state index in [1.165, 1.54) is 12.1 Å². The minimum Gasteiger partial charge on any atom is -0.258 e. The average Bonchev–Trinajstić information content (AvgIpc) is 2.19. The Kier molecular flexibility index (Phi) is 4.01. The lowest BCUT2D eigenvalue weighted by Crippen LogP contribution is -2.23. The molecule has 0 heterocycles. The molecular formula is C8H8ClN3O4. The standard InChI is InChI=1S/C8H8ClN3O4/c9-7-2-1-6(3-4-10-12(15)16)5-8(7)11(13)14/h1-2,5,10H,3-4H2. The van der Waals surface area contributed by atoms with Crippen molar-refractivity contribution in [2.75, 3.05) is 6.54 Å². The minimum absolute atomic E-state index is 0.0518. The first kappa shape index (κ1) is 12.2. The molecule has 1 rings (SSSR count). The number of nitro groups is 2. The lowest BCUT2D eigenvalue weighted by Gasteiger charge is -2.01. The summed E-state index contributed by atoms with van der Waals surface area (Å²) in [6, 6.07) is 4.31. The van der Waals surface area contributed by atoms with Gasteiger partial charge < -0.3 is 0 Å². The predicted molar refractivity (Wildman–Crippen MR) is 56.8 cm³/mol. The first-order valence-corrected chi connectivity index (χ1v) is 4.69. The van der Waals surface area contributed by atoms with Crippen molar-refractivity contribution >= 4 is 17.3 Å². The molecule has 0 aliphatic carbocycles. The molecule has 0 fully saturated rings. The lowest BCUT2D eigenvalue weighted by atomic mass is 10.1. The summed E-state index contributed by atoms with van der Waals surface area (Å²) < 4.78 is 0. The highest BCUT2D eigenvalue weighted by Gasteiger charge is 2.12. The maximum absolute atomic E-state index is 10.6. The third kappa shape index (κ3) is 3.35. The average molecular weight is 246 g/mol. The summed E-state index contributed by atoms with van der Waals surface area (Å²) in [5, 5.41) is 19.9. The number of hydrogen-bond donors (Lipinski definition) is 1. The van der Waals surface area contributed by atoms with Crippen LogP contribution in [0, 0.1) is 20.2 Å². The van der Waals surface area contributed by atoms with Gasteiger partial charge in [0.15, 0.2) is 5.03 Å². The summed E-state index contributed by atoms with van der Waals surface area (Å²) in [6.45, 7) is 0.103. The van der Waals surface area contributed by atoms with Gasteiger partial charge in [-0.1, -0.05) is 17.7 Å². The van der Waals surface area contributed by atoms with E-state index in [1.54, 1.807) is 6.07 Å². The number of nitro benzene ring substituents is 1. The SMILES string of the molecule is O=[N+]([O-])NCCc1ccc(Cl)c([N+](=O)[O-])c1. The molecule has 1 aromatic carbocycles. The molecule has 1 aromatic rings. The second-order valence-corrected chi connectivity index (χ2v) is 3.37. The predicted octanol–water partition coefficient (Wildman–Crippen LogP) is 1.57. The van der Waals surface area contributed by atoms with Crippen molar-refractivity contribution in [3.05, 3.63) is 49.0 Å². The largest absolute Gasteiger partial charge is 0.288 e. The Balaban J connectivity index is 2.71. The van der Waals surface area contributed by atoms with E-state index in [-0.39, 0.29) is 17.3 Å². The highest BCUT2D eigenvalue weighted by atomic mass is 35.5. The Morgan fingerprint density at radius 1 is 1.31 bits per heavy atom. The number of hydrogen-bond acceptors (Lipinski definition) is 4. The summed E-state index contributed by atoms with van der Waals surface area (Å²) >= 11 is 5.61. The molecule has 0 spiro atoms. The van der Waals surface area contributed by atoms with E-state index in [0.717, 1.165) is 0 Å². The monoisotopic (exact) mass is 245 g/mol. The fraction of sp³-hybridized carbons (Fsp3) is 0.250. The molecule has 0 radical (unpaired) electrons. The van der Waals surface area contributed by atoms with E-state index in [2.05, 4.69) is 0 Å². The molecule has 0 amide bonds. The van der Waals surface area contributed by atoms with Crippen LogP contribution in [0.1, 0.15) is 5.56 Å². The van der Waals surface area contributed by atoms with Crippen molar-refractivity contribution in [2.24, 2.45) is 0 Å². The van der Waals surface area contributed by atoms with Crippen LogP contribution >= 0.6 is 11.6 Å². The van der Waals surface area contributed by atoms with Crippen LogP contribution in [0.15, 0.2) is 18.2 Å². The molecule has 1 N–H and O–H groups in total. The zero-order valence-electron chi connectivity index (χ0n) is 8.05. The van der Waals surface area contributed by atoms with Crippen molar-refractivity contribution < 1.29 is 9.96 Å². The van der Waals surface area contributed by atoms with Gasteiger partial charge in [-0.3, -0.25) is 10.1 Å². The summed E-state index contributed by atoms with van der Waals surface area (Å²) in [4.78, 5) is 19.9. The molecule has 8 heteroatoms. The molecular weight excluding hydrogens is 238 g/mol. The number of hydrazine groups is 1. The smallest absolute Gasteiger partial charge is 0.258 e. The maximum Gasteiger partial charge on any atom is 0.288 e. The zero-order valence-corrected chi connectivity index (χ0v) is 8.81. The second kappa shape index (κ2) is 5.26. The van der Waals surface area contributed by atoms with Crippen LogP contribution < -0.4 is 5.43 Å². The van der Waals surface area contributed by atoms with Crippen LogP contribution in [0.25, 0.3) is 0 Å². The van der Waals surface area contributed by atoms with Gasteiger partial charge in [0.05, 0.1) is 11.5 Å². The van der Waals surface area contributed by atoms with E-state index in [1.807, 2.05) is 5.43 Å². The van der Waals surface area contributed by atoms with Gasteiger partial charge in [0.2, 0.25) is 0 Å². The molecule has 0 saturated heterocycles. The zero-order chi connectivity index (χ0) is 12.1. The number of nitrogens with zero attached hydrogens (tertiary/aromatic N) is 2. The number of rotatable bonds is 5. The van der Waals surface area contributed by atoms with Crippen LogP contribution in [0.3, 0.4) is 0 Å². The van der Waals surface area contributed by atoms with Crippen molar-refractivity contribution in [3.8, 4) is 0 Å². The van der Waals surface area contributed by atoms with Crippen molar-refractivity contribution in [1.29, 1.82) is 0 Å². The van der Waals surface area contributed by atoms with E-state index in [0.29, 0.717) is 12.0 Å². The summed E-state index contributed by atoms with van der Waals surface area (Å²) in [5.74, 6) is 0. The van der Waals surface area contributed by atoms with Gasteiger partial charge in [0.1, 0.15) is 5.02 Å². The van der Waals surface area contributed by atoms with Crippen molar-refractivity contribution in [2.45, 2.75) is 6.42 Å². The maximum atomic E-state index is 10.6. The minimum atomic E-state index is -0.662. The van der Waals surface area contributed by atoms with Crippen LogP contribution in [0.5, 0.6) is 0 Å². The summed E-state index contributed by atoms with van der Waals surface area (Å²) in [6.07, 6.45) is 0.318. The van der Waals surface area contributed by atoms with Gasteiger partial charge in [-0.25, -0.2) is 10.1 Å². The van der Waals surface area contributed by atoms with Gasteiger partial charge in [-0.2, -0.15) is 0 Å². The highest BCUT2D eigenvalue weighted by Crippen LogP contribution is 2.25. The van der Waals surface area contributed by atoms with Gasteiger partial charge in [-0.15, -0.1) is 5.43 Å². The normalized spacial score (nSPS) is 9.81. The molecule has 0 aliphatic heterocycles. The fourth-order valence-corrected chi connectivity index (χ4v) is 1.33. The third-order valence-electron chi connectivity index (χ3n) is 1.86. The van der Waals surface area contributed by atoms with Gasteiger partial charge in [0, 0.05) is 6.07 Å². The quantitative estimate of drug-likeness (QED) is 0.627. The van der Waals surface area contributed by atoms with Crippen molar-refractivity contribution in [1.82, 2.24) is 5.43 Å². The van der Waals surface area contributed by atoms with Gasteiger partial charge >= 0.3 is 0 Å². The van der Waals surface area contributed by atoms with Crippen LogP contribution in [0.4, 0.5) is 5.69 Å². The van der Waals surface area contributed by atoms with E-state index >= 15 is 0 Å². The Morgan fingerprint density at radius 2 is 2.00 bits per heavy atom. The van der Waals surface area contributed by atoms with Gasteiger partial charge in [0.25, 0.3) is 5.69 Å². The summed E-state index contributed by atoms with van der Waals surface area (Å²) in [7, 11) is 0. The Hall–Kier alpha value is -1.89. The summed E-state index contributed by atoms with van der Waals surface area (Å²) in [5.41, 5.74) is 2.40. The van der Waals surface area contributed by atoms with E-state index in [9.17, 15) is 20.2 Å². The Morgan fingerprint density at radius 3 is 2.56 bits per heavy atom. The van der Waals surface area contributed by atoms with Crippen molar-refractivity contribution in [3.63, 3.8) is 0 Å². The van der Waals surface area contributed by atoms with Crippen LogP contribution in [-0.2, 0) is 6.42 Å². The molecule has 0 bridgehead atoms. The number of benzene rings is 1. The van der Waals surface area contributed by atoms with E-state index in [4.69, 9.17) is 11.6 Å². The van der Waals surface area contributed by atoms with Gasteiger partial charge in [-0.05, 0) is 18.1 Å². The molecule has 86 valence electrons. The first-order valence-electron chi connectivity index (χ1n) is 4.31. The molecule has 0 unspecified atom stereocenters. The molecule has 16 heavy (non-hydrogen) atoms. The first-order chi connectivity index (χ1) is 7.50.